The van der Waals surface area contributed by atoms with Gasteiger partial charge in [0.2, 0.25) is 11.8 Å². The van der Waals surface area contributed by atoms with Gasteiger partial charge in [0.05, 0.1) is 6.61 Å². The number of hydrogen-bond acceptors (Lipinski definition) is 4. The van der Waals surface area contributed by atoms with Crippen molar-refractivity contribution in [2.75, 3.05) is 26.2 Å². The maximum Gasteiger partial charge on any atom is 0.223 e. The first kappa shape index (κ1) is 21.2. The highest BCUT2D eigenvalue weighted by Gasteiger charge is 2.26. The lowest BCUT2D eigenvalue weighted by molar-refractivity contribution is -0.135. The van der Waals surface area contributed by atoms with E-state index in [1.54, 1.807) is 0 Å². The number of nitrogens with one attached hydrogen (secondary N) is 1. The summed E-state index contributed by atoms with van der Waals surface area (Å²) in [6.07, 6.45) is 5.59. The monoisotopic (exact) mass is 375 g/mol. The Labute approximate surface area is 162 Å². The molecule has 1 aliphatic heterocycles. The molecule has 6 heteroatoms. The number of carbonyl (C=O) groups is 2. The summed E-state index contributed by atoms with van der Waals surface area (Å²) in [4.78, 5) is 26.3. The molecule has 6 nitrogen and oxygen atoms in total. The van der Waals surface area contributed by atoms with Crippen LogP contribution in [0.3, 0.4) is 0 Å². The molecule has 0 spiro atoms. The minimum Gasteiger partial charge on any atom is -0.494 e. The van der Waals surface area contributed by atoms with Crippen LogP contribution in [0, 0.1) is 0 Å². The normalized spacial score (nSPS) is 16.8. The van der Waals surface area contributed by atoms with Gasteiger partial charge in [0, 0.05) is 38.5 Å². The van der Waals surface area contributed by atoms with E-state index in [1.807, 2.05) is 29.2 Å². The molecule has 0 radical (unpaired) electrons. The summed E-state index contributed by atoms with van der Waals surface area (Å²) in [5.41, 5.74) is 6.54. The average Bonchev–Trinajstić information content (AvgIpc) is 2.70. The number of aryl methyl sites for hydroxylation is 1. The van der Waals surface area contributed by atoms with E-state index in [0.29, 0.717) is 25.9 Å². The molecule has 0 aromatic heterocycles. The van der Waals surface area contributed by atoms with E-state index in [9.17, 15) is 9.59 Å². The molecule has 3 N–H and O–H groups in total. The molecule has 0 saturated carbocycles. The fraction of sp³-hybridized carbons (Fsp3) is 0.619. The molecule has 2 rings (SSSR count). The first-order valence-corrected chi connectivity index (χ1v) is 10.1. The third kappa shape index (κ3) is 7.21. The number of benzene rings is 1. The van der Waals surface area contributed by atoms with Gasteiger partial charge in [-0.2, -0.15) is 0 Å². The molecule has 2 amide bonds. The SMILES string of the molecule is CCCOc1ccc(CCC(=O)N2CCCCC2CNC(=O)CCN)cc1. The molecule has 1 aliphatic rings. The molecule has 0 aliphatic carbocycles. The summed E-state index contributed by atoms with van der Waals surface area (Å²) in [5.74, 6) is 0.996. The van der Waals surface area contributed by atoms with Crippen LogP contribution in [0.1, 0.15) is 51.0 Å². The zero-order valence-electron chi connectivity index (χ0n) is 16.4. The number of hydrogen-bond donors (Lipinski definition) is 2. The van der Waals surface area contributed by atoms with Crippen molar-refractivity contribution in [1.29, 1.82) is 0 Å². The summed E-state index contributed by atoms with van der Waals surface area (Å²) in [7, 11) is 0. The molecule has 150 valence electrons. The number of nitrogens with two attached hydrogens (primary N) is 1. The van der Waals surface area contributed by atoms with Crippen LogP contribution in [0.4, 0.5) is 0 Å². The van der Waals surface area contributed by atoms with Gasteiger partial charge < -0.3 is 20.7 Å². The topological polar surface area (TPSA) is 84.7 Å². The molecule has 27 heavy (non-hydrogen) atoms. The van der Waals surface area contributed by atoms with Gasteiger partial charge in [-0.05, 0) is 49.8 Å². The van der Waals surface area contributed by atoms with Crippen LogP contribution in [0.2, 0.25) is 0 Å². The van der Waals surface area contributed by atoms with Crippen molar-refractivity contribution in [3.63, 3.8) is 0 Å². The molecule has 1 fully saturated rings. The quantitative estimate of drug-likeness (QED) is 0.657. The Kier molecular flexibility index (Phi) is 9.11. The van der Waals surface area contributed by atoms with Crippen LogP contribution in [0.25, 0.3) is 0 Å². The number of ether oxygens (including phenoxy) is 1. The largest absolute Gasteiger partial charge is 0.494 e. The second-order valence-electron chi connectivity index (χ2n) is 7.07. The second-order valence-corrected chi connectivity index (χ2v) is 7.07. The summed E-state index contributed by atoms with van der Waals surface area (Å²) in [6.45, 7) is 4.45. The van der Waals surface area contributed by atoms with Crippen LogP contribution in [0.15, 0.2) is 24.3 Å². The van der Waals surface area contributed by atoms with Crippen molar-refractivity contribution >= 4 is 11.8 Å². The highest BCUT2D eigenvalue weighted by Crippen LogP contribution is 2.19. The molecule has 0 bridgehead atoms. The van der Waals surface area contributed by atoms with Crippen molar-refractivity contribution in [3.05, 3.63) is 29.8 Å². The first-order valence-electron chi connectivity index (χ1n) is 10.1. The van der Waals surface area contributed by atoms with E-state index >= 15 is 0 Å². The Morgan fingerprint density at radius 3 is 2.70 bits per heavy atom. The predicted octanol–water partition coefficient (Wildman–Crippen LogP) is 2.25. The van der Waals surface area contributed by atoms with E-state index in [-0.39, 0.29) is 17.9 Å². The minimum absolute atomic E-state index is 0.0409. The second kappa shape index (κ2) is 11.6. The maximum absolute atomic E-state index is 12.7. The van der Waals surface area contributed by atoms with Crippen molar-refractivity contribution in [1.82, 2.24) is 10.2 Å². The summed E-state index contributed by atoms with van der Waals surface area (Å²) >= 11 is 0. The molecule has 1 unspecified atom stereocenters. The van der Waals surface area contributed by atoms with Crippen molar-refractivity contribution < 1.29 is 14.3 Å². The van der Waals surface area contributed by atoms with Crippen molar-refractivity contribution in [2.24, 2.45) is 5.73 Å². The van der Waals surface area contributed by atoms with Crippen LogP contribution >= 0.6 is 0 Å². The van der Waals surface area contributed by atoms with Crippen LogP contribution in [-0.2, 0) is 16.0 Å². The van der Waals surface area contributed by atoms with Gasteiger partial charge >= 0.3 is 0 Å². The molecule has 1 heterocycles. The highest BCUT2D eigenvalue weighted by atomic mass is 16.5. The van der Waals surface area contributed by atoms with Gasteiger partial charge in [-0.3, -0.25) is 9.59 Å². The van der Waals surface area contributed by atoms with E-state index in [2.05, 4.69) is 12.2 Å². The Bertz CT molecular complexity index is 589. The molecular weight excluding hydrogens is 342 g/mol. The molecular formula is C21H33N3O3. The summed E-state index contributed by atoms with van der Waals surface area (Å²) in [6, 6.07) is 8.08. The first-order chi connectivity index (χ1) is 13.1. The minimum atomic E-state index is -0.0409. The van der Waals surface area contributed by atoms with Gasteiger partial charge in [-0.15, -0.1) is 0 Å². The zero-order chi connectivity index (χ0) is 19.5. The van der Waals surface area contributed by atoms with Gasteiger partial charge in [0.1, 0.15) is 5.75 Å². The van der Waals surface area contributed by atoms with Crippen molar-refractivity contribution in [2.45, 2.75) is 57.9 Å². The maximum atomic E-state index is 12.7. The summed E-state index contributed by atoms with van der Waals surface area (Å²) in [5, 5.41) is 2.91. The Hall–Kier alpha value is -2.08. The average molecular weight is 376 g/mol. The van der Waals surface area contributed by atoms with E-state index < -0.39 is 0 Å². The molecule has 1 aromatic rings. The number of rotatable bonds is 10. The van der Waals surface area contributed by atoms with E-state index in [1.165, 1.54) is 0 Å². The third-order valence-corrected chi connectivity index (χ3v) is 4.88. The number of nitrogens with zero attached hydrogens (tertiary/aromatic N) is 1. The number of carbonyl (C=O) groups excluding carboxylic acids is 2. The number of amides is 2. The third-order valence-electron chi connectivity index (χ3n) is 4.88. The Morgan fingerprint density at radius 2 is 2.00 bits per heavy atom. The standard InChI is InChI=1S/C21H33N3O3/c1-2-15-27-19-9-6-17(7-10-19)8-11-21(26)24-14-4-3-5-18(24)16-23-20(25)12-13-22/h6-7,9-10,18H,2-5,8,11-16,22H2,1H3,(H,23,25). The lowest BCUT2D eigenvalue weighted by atomic mass is 10.0. The smallest absolute Gasteiger partial charge is 0.223 e. The van der Waals surface area contributed by atoms with Gasteiger partial charge in [0.15, 0.2) is 0 Å². The fourth-order valence-electron chi connectivity index (χ4n) is 3.36. The molecule has 1 atom stereocenters. The van der Waals surface area contributed by atoms with E-state index in [0.717, 1.165) is 56.6 Å². The number of likely N-dealkylation sites (tertiary alicyclic amines) is 1. The van der Waals surface area contributed by atoms with Gasteiger partial charge in [-0.25, -0.2) is 0 Å². The van der Waals surface area contributed by atoms with E-state index in [4.69, 9.17) is 10.5 Å². The number of piperidine rings is 1. The van der Waals surface area contributed by atoms with Crippen molar-refractivity contribution in [3.8, 4) is 5.75 Å². The predicted molar refractivity (Wildman–Crippen MR) is 107 cm³/mol. The summed E-state index contributed by atoms with van der Waals surface area (Å²) < 4.78 is 5.59. The highest BCUT2D eigenvalue weighted by molar-refractivity contribution is 5.78. The van der Waals surface area contributed by atoms with Gasteiger partial charge in [-0.1, -0.05) is 19.1 Å². The zero-order valence-corrected chi connectivity index (χ0v) is 16.4. The van der Waals surface area contributed by atoms with Crippen LogP contribution in [-0.4, -0.2) is 49.0 Å². The lowest BCUT2D eigenvalue weighted by Gasteiger charge is -2.36. The van der Waals surface area contributed by atoms with Crippen LogP contribution < -0.4 is 15.8 Å². The molecule has 1 aromatic carbocycles. The lowest BCUT2D eigenvalue weighted by Crippen LogP contribution is -2.49. The Morgan fingerprint density at radius 1 is 1.22 bits per heavy atom. The molecule has 1 saturated heterocycles. The van der Waals surface area contributed by atoms with Crippen LogP contribution in [0.5, 0.6) is 5.75 Å². The van der Waals surface area contributed by atoms with Gasteiger partial charge in [0.25, 0.3) is 0 Å². The fourth-order valence-corrected chi connectivity index (χ4v) is 3.36. The Balaban J connectivity index is 1.82.